The van der Waals surface area contributed by atoms with Gasteiger partial charge in [0, 0.05) is 31.7 Å². The largest absolute Gasteiger partial charge is 0.491 e. The molecule has 2 aromatic rings. The van der Waals surface area contributed by atoms with Crippen LogP contribution in [0.3, 0.4) is 0 Å². The molecule has 4 heteroatoms. The number of para-hydroxylation sites is 1. The van der Waals surface area contributed by atoms with E-state index in [0.29, 0.717) is 13.2 Å². The quantitative estimate of drug-likeness (QED) is 0.716. The maximum atomic E-state index is 10.5. The van der Waals surface area contributed by atoms with Crippen molar-refractivity contribution in [1.29, 1.82) is 0 Å². The molecule has 1 aliphatic carbocycles. The van der Waals surface area contributed by atoms with E-state index in [0.717, 1.165) is 49.8 Å². The van der Waals surface area contributed by atoms with Gasteiger partial charge >= 0.3 is 0 Å². The Balaban J connectivity index is 1.25. The zero-order valence-corrected chi connectivity index (χ0v) is 15.9. The number of nitrogens with one attached hydrogen (secondary N) is 1. The number of hydrogen-bond acceptors (Lipinski definition) is 4. The van der Waals surface area contributed by atoms with Crippen LogP contribution < -0.4 is 10.1 Å². The lowest BCUT2D eigenvalue weighted by Crippen LogP contribution is -2.38. The molecule has 1 aliphatic heterocycles. The predicted molar refractivity (Wildman–Crippen MR) is 108 cm³/mol. The number of benzene rings is 2. The van der Waals surface area contributed by atoms with Crippen molar-refractivity contribution < 1.29 is 9.84 Å². The normalized spacial score (nSPS) is 18.1. The number of rotatable bonds is 9. The van der Waals surface area contributed by atoms with Crippen LogP contribution in [0.25, 0.3) is 0 Å². The molecule has 1 atom stereocenters. The lowest BCUT2D eigenvalue weighted by molar-refractivity contribution is 0.0634. The summed E-state index contributed by atoms with van der Waals surface area (Å²) in [4.78, 5) is 2.32. The molecule has 1 fully saturated rings. The number of nitrogens with zero attached hydrogens (tertiary/aromatic N) is 1. The van der Waals surface area contributed by atoms with Gasteiger partial charge in [0.1, 0.15) is 18.5 Å². The van der Waals surface area contributed by atoms with Crippen LogP contribution in [0.15, 0.2) is 48.5 Å². The van der Waals surface area contributed by atoms with Crippen LogP contribution in [-0.2, 0) is 19.5 Å². The Morgan fingerprint density at radius 2 is 1.85 bits per heavy atom. The van der Waals surface area contributed by atoms with E-state index in [1.807, 2.05) is 18.2 Å². The number of aliphatic hydroxyl groups is 1. The first-order chi connectivity index (χ1) is 13.3. The summed E-state index contributed by atoms with van der Waals surface area (Å²) in [6, 6.07) is 16.7. The highest BCUT2D eigenvalue weighted by atomic mass is 16.5. The molecule has 0 spiro atoms. The Morgan fingerprint density at radius 1 is 1.07 bits per heavy atom. The molecular weight excluding hydrogens is 336 g/mol. The highest BCUT2D eigenvalue weighted by Crippen LogP contribution is 2.28. The van der Waals surface area contributed by atoms with Crippen LogP contribution in [0.2, 0.25) is 0 Å². The highest BCUT2D eigenvalue weighted by molar-refractivity contribution is 5.33. The van der Waals surface area contributed by atoms with E-state index >= 15 is 0 Å². The molecule has 1 saturated carbocycles. The van der Waals surface area contributed by atoms with E-state index in [4.69, 9.17) is 4.74 Å². The van der Waals surface area contributed by atoms with E-state index in [1.165, 1.54) is 24.0 Å². The lowest BCUT2D eigenvalue weighted by atomic mass is 10.00. The fourth-order valence-electron chi connectivity index (χ4n) is 3.77. The minimum absolute atomic E-state index is 0.331. The van der Waals surface area contributed by atoms with Gasteiger partial charge in [-0.15, -0.1) is 0 Å². The van der Waals surface area contributed by atoms with E-state index in [9.17, 15) is 5.11 Å². The predicted octanol–water partition coefficient (Wildman–Crippen LogP) is 2.98. The Kier molecular flexibility index (Phi) is 6.07. The van der Waals surface area contributed by atoms with Crippen molar-refractivity contribution in [3.05, 3.63) is 65.2 Å². The molecule has 27 heavy (non-hydrogen) atoms. The van der Waals surface area contributed by atoms with Gasteiger partial charge in [-0.3, -0.25) is 4.90 Å². The molecule has 0 bridgehead atoms. The smallest absolute Gasteiger partial charge is 0.123 e. The molecule has 2 aliphatic rings. The van der Waals surface area contributed by atoms with Gasteiger partial charge in [0.2, 0.25) is 0 Å². The maximum Gasteiger partial charge on any atom is 0.123 e. The van der Waals surface area contributed by atoms with Crippen LogP contribution in [0.4, 0.5) is 0 Å². The topological polar surface area (TPSA) is 44.7 Å². The molecule has 0 aromatic heterocycles. The second kappa shape index (κ2) is 8.87. The molecule has 0 radical (unpaired) electrons. The van der Waals surface area contributed by atoms with Gasteiger partial charge in [-0.1, -0.05) is 42.5 Å². The standard InChI is InChI=1S/C23H30N2O2/c26-22(16-25-12-11-19-5-1-2-7-21(19)15-25)17-27-23-8-4-3-6-20(23)14-24-13-18-9-10-18/h1-8,18,22,24,26H,9-17H2/t22-/m1/s1. The van der Waals surface area contributed by atoms with Gasteiger partial charge in [-0.25, -0.2) is 0 Å². The number of hydrogen-bond donors (Lipinski definition) is 2. The first kappa shape index (κ1) is 18.5. The number of β-amino-alcohol motifs (C(OH)–C–C–N with tert-alkyl or cyclic N) is 1. The van der Waals surface area contributed by atoms with E-state index in [-0.39, 0.29) is 0 Å². The molecule has 2 N–H and O–H groups in total. The molecule has 0 unspecified atom stereocenters. The van der Waals surface area contributed by atoms with Crippen molar-refractivity contribution in [3.8, 4) is 5.75 Å². The van der Waals surface area contributed by atoms with Crippen LogP contribution in [0.5, 0.6) is 5.75 Å². The third kappa shape index (κ3) is 5.32. The minimum Gasteiger partial charge on any atom is -0.491 e. The number of fused-ring (bicyclic) bond motifs is 1. The van der Waals surface area contributed by atoms with Gasteiger partial charge in [-0.05, 0) is 48.9 Å². The Labute approximate surface area is 162 Å². The highest BCUT2D eigenvalue weighted by Gasteiger charge is 2.21. The summed E-state index contributed by atoms with van der Waals surface area (Å²) in [5.41, 5.74) is 3.98. The first-order valence-electron chi connectivity index (χ1n) is 10.2. The summed E-state index contributed by atoms with van der Waals surface area (Å²) in [7, 11) is 0. The van der Waals surface area contributed by atoms with Crippen LogP contribution in [0, 0.1) is 5.92 Å². The average molecular weight is 367 g/mol. The summed E-state index contributed by atoms with van der Waals surface area (Å²) in [6.07, 6.45) is 3.29. The SMILES string of the molecule is O[C@@H](COc1ccccc1CNCC1CC1)CN1CCc2ccccc2C1. The third-order valence-corrected chi connectivity index (χ3v) is 5.53. The molecule has 4 rings (SSSR count). The lowest BCUT2D eigenvalue weighted by Gasteiger charge is -2.30. The van der Waals surface area contributed by atoms with E-state index < -0.39 is 6.10 Å². The maximum absolute atomic E-state index is 10.5. The van der Waals surface area contributed by atoms with Crippen LogP contribution in [0.1, 0.15) is 29.5 Å². The monoisotopic (exact) mass is 366 g/mol. The average Bonchev–Trinajstić information content (AvgIpc) is 3.51. The van der Waals surface area contributed by atoms with Gasteiger partial charge < -0.3 is 15.2 Å². The van der Waals surface area contributed by atoms with Crippen molar-refractivity contribution in [2.24, 2.45) is 5.92 Å². The van der Waals surface area contributed by atoms with E-state index in [2.05, 4.69) is 40.5 Å². The van der Waals surface area contributed by atoms with Crippen molar-refractivity contribution in [3.63, 3.8) is 0 Å². The second-order valence-electron chi connectivity index (χ2n) is 7.90. The fourth-order valence-corrected chi connectivity index (χ4v) is 3.77. The van der Waals surface area contributed by atoms with Gasteiger partial charge in [0.25, 0.3) is 0 Å². The Hall–Kier alpha value is -1.88. The zero-order valence-electron chi connectivity index (χ0n) is 15.9. The van der Waals surface area contributed by atoms with Crippen molar-refractivity contribution in [2.75, 3.05) is 26.2 Å². The number of aliphatic hydroxyl groups excluding tert-OH is 1. The summed E-state index contributed by atoms with van der Waals surface area (Å²) in [5.74, 6) is 1.75. The van der Waals surface area contributed by atoms with Crippen LogP contribution >= 0.6 is 0 Å². The summed E-state index contributed by atoms with van der Waals surface area (Å²) in [5, 5.41) is 14.0. The molecule has 0 amide bonds. The summed E-state index contributed by atoms with van der Waals surface area (Å²) >= 11 is 0. The van der Waals surface area contributed by atoms with Gasteiger partial charge in [0.05, 0.1) is 0 Å². The summed E-state index contributed by atoms with van der Waals surface area (Å²) in [6.45, 7) is 4.80. The fraction of sp³-hybridized carbons (Fsp3) is 0.478. The molecule has 144 valence electrons. The minimum atomic E-state index is -0.484. The zero-order chi connectivity index (χ0) is 18.5. The van der Waals surface area contributed by atoms with Gasteiger partial charge in [0.15, 0.2) is 0 Å². The molecule has 1 heterocycles. The molecule has 4 nitrogen and oxygen atoms in total. The first-order valence-corrected chi connectivity index (χ1v) is 10.2. The number of ether oxygens (including phenoxy) is 1. The van der Waals surface area contributed by atoms with Crippen molar-refractivity contribution >= 4 is 0 Å². The third-order valence-electron chi connectivity index (χ3n) is 5.53. The Morgan fingerprint density at radius 3 is 2.70 bits per heavy atom. The molecular formula is C23H30N2O2. The van der Waals surface area contributed by atoms with E-state index in [1.54, 1.807) is 0 Å². The molecule has 0 saturated heterocycles. The Bertz CT molecular complexity index is 745. The summed E-state index contributed by atoms with van der Waals surface area (Å²) < 4.78 is 5.97. The van der Waals surface area contributed by atoms with Crippen molar-refractivity contribution in [1.82, 2.24) is 10.2 Å². The van der Waals surface area contributed by atoms with Gasteiger partial charge in [-0.2, -0.15) is 0 Å². The molecule has 2 aromatic carbocycles. The van der Waals surface area contributed by atoms with Crippen molar-refractivity contribution in [2.45, 2.75) is 38.5 Å². The second-order valence-corrected chi connectivity index (χ2v) is 7.90. The van der Waals surface area contributed by atoms with Crippen LogP contribution in [-0.4, -0.2) is 42.4 Å².